The predicted octanol–water partition coefficient (Wildman–Crippen LogP) is 7.36. The Morgan fingerprint density at radius 1 is 0.692 bits per heavy atom. The number of nitrogens with one attached hydrogen (secondary N) is 1. The Hall–Kier alpha value is -4.42. The van der Waals surface area contributed by atoms with Gasteiger partial charge in [-0.3, -0.25) is 4.90 Å². The van der Waals surface area contributed by atoms with Crippen molar-refractivity contribution in [3.8, 4) is 22.5 Å². The molecular weight excluding hydrogens is 485 g/mol. The molecule has 3 heterocycles. The fourth-order valence-corrected chi connectivity index (χ4v) is 5.58. The maximum atomic E-state index is 13.9. The van der Waals surface area contributed by atoms with Gasteiger partial charge in [0.05, 0.1) is 33.5 Å². The van der Waals surface area contributed by atoms with Gasteiger partial charge in [-0.05, 0) is 55.8 Å². The van der Waals surface area contributed by atoms with Crippen molar-refractivity contribution in [3.05, 3.63) is 114 Å². The van der Waals surface area contributed by atoms with E-state index in [4.69, 9.17) is 15.0 Å². The second kappa shape index (κ2) is 10.0. The molecule has 6 heteroatoms. The number of benzene rings is 4. The summed E-state index contributed by atoms with van der Waals surface area (Å²) in [7, 11) is 0. The Morgan fingerprint density at radius 3 is 2.15 bits per heavy atom. The second-order valence-corrected chi connectivity index (χ2v) is 10.3. The minimum Gasteiger partial charge on any atom is -0.342 e. The number of imidazole rings is 1. The van der Waals surface area contributed by atoms with E-state index in [0.717, 1.165) is 71.8 Å². The number of aromatic amines is 1. The summed E-state index contributed by atoms with van der Waals surface area (Å²) in [5, 5.41) is 0. The van der Waals surface area contributed by atoms with Gasteiger partial charge in [0.2, 0.25) is 0 Å². The topological polar surface area (TPSA) is 57.7 Å². The third kappa shape index (κ3) is 4.79. The van der Waals surface area contributed by atoms with E-state index < -0.39 is 0 Å². The fourth-order valence-electron chi connectivity index (χ4n) is 5.58. The number of H-pyrrole nitrogens is 1. The quantitative estimate of drug-likeness (QED) is 0.262. The van der Waals surface area contributed by atoms with Crippen LogP contribution in [0, 0.1) is 5.82 Å². The van der Waals surface area contributed by atoms with Crippen molar-refractivity contribution in [1.82, 2.24) is 24.8 Å². The van der Waals surface area contributed by atoms with E-state index in [1.807, 2.05) is 42.5 Å². The largest absolute Gasteiger partial charge is 0.342 e. The molecule has 1 aliphatic rings. The molecule has 0 amide bonds. The summed E-state index contributed by atoms with van der Waals surface area (Å²) < 4.78 is 13.9. The SMILES string of the molecule is Fc1ccc2nc(-c3ccc(CN4CCC(c5nc6ccccc6[nH]5)CC4)cc3)c(-c3ccccc3)nc2c1. The van der Waals surface area contributed by atoms with E-state index in [9.17, 15) is 4.39 Å². The molecule has 1 saturated heterocycles. The van der Waals surface area contributed by atoms with Gasteiger partial charge < -0.3 is 4.98 Å². The second-order valence-electron chi connectivity index (χ2n) is 10.3. The Kier molecular flexibility index (Phi) is 6.10. The minimum absolute atomic E-state index is 0.311. The normalized spacial score (nSPS) is 14.8. The average molecular weight is 514 g/mol. The van der Waals surface area contributed by atoms with E-state index >= 15 is 0 Å². The summed E-state index contributed by atoms with van der Waals surface area (Å²) in [6.07, 6.45) is 2.21. The number of nitrogens with zero attached hydrogens (tertiary/aromatic N) is 4. The number of rotatable bonds is 5. The van der Waals surface area contributed by atoms with Gasteiger partial charge in [-0.2, -0.15) is 0 Å². The Morgan fingerprint density at radius 2 is 1.38 bits per heavy atom. The zero-order valence-electron chi connectivity index (χ0n) is 21.5. The van der Waals surface area contributed by atoms with Gasteiger partial charge in [-0.1, -0.05) is 66.7 Å². The number of para-hydroxylation sites is 2. The number of fused-ring (bicyclic) bond motifs is 2. The highest BCUT2D eigenvalue weighted by Crippen LogP contribution is 2.32. The number of likely N-dealkylation sites (tertiary alicyclic amines) is 1. The highest BCUT2D eigenvalue weighted by molar-refractivity contribution is 5.86. The molecule has 0 spiro atoms. The van der Waals surface area contributed by atoms with Crippen molar-refractivity contribution < 1.29 is 4.39 Å². The molecule has 0 radical (unpaired) electrons. The van der Waals surface area contributed by atoms with E-state index in [1.165, 1.54) is 17.7 Å². The van der Waals surface area contributed by atoms with Crippen molar-refractivity contribution in [1.29, 1.82) is 0 Å². The zero-order valence-corrected chi connectivity index (χ0v) is 21.5. The van der Waals surface area contributed by atoms with Gasteiger partial charge in [0.15, 0.2) is 0 Å². The van der Waals surface area contributed by atoms with Crippen molar-refractivity contribution >= 4 is 22.1 Å². The first kappa shape index (κ1) is 23.7. The molecule has 7 rings (SSSR count). The number of hydrogen-bond donors (Lipinski definition) is 1. The maximum Gasteiger partial charge on any atom is 0.125 e. The van der Waals surface area contributed by atoms with Crippen LogP contribution < -0.4 is 0 Å². The molecule has 5 nitrogen and oxygen atoms in total. The van der Waals surface area contributed by atoms with Crippen LogP contribution >= 0.6 is 0 Å². The molecule has 0 unspecified atom stereocenters. The molecule has 6 aromatic rings. The average Bonchev–Trinajstić information content (AvgIpc) is 3.42. The summed E-state index contributed by atoms with van der Waals surface area (Å²) in [5.74, 6) is 1.29. The summed E-state index contributed by atoms with van der Waals surface area (Å²) in [4.78, 5) is 20.6. The Bertz CT molecular complexity index is 1720. The summed E-state index contributed by atoms with van der Waals surface area (Å²) in [5.41, 5.74) is 8.21. The molecule has 192 valence electrons. The molecule has 1 N–H and O–H groups in total. The lowest BCUT2D eigenvalue weighted by Crippen LogP contribution is -2.32. The molecule has 1 aliphatic heterocycles. The van der Waals surface area contributed by atoms with Crippen LogP contribution in [0.5, 0.6) is 0 Å². The van der Waals surface area contributed by atoms with Crippen molar-refractivity contribution in [2.45, 2.75) is 25.3 Å². The number of hydrogen-bond acceptors (Lipinski definition) is 4. The summed E-state index contributed by atoms with van der Waals surface area (Å²) in [6.45, 7) is 3.02. The fraction of sp³-hybridized carbons (Fsp3) is 0.182. The first-order chi connectivity index (χ1) is 19.2. The van der Waals surface area contributed by atoms with Crippen LogP contribution in [0.1, 0.15) is 30.1 Å². The minimum atomic E-state index is -0.311. The van der Waals surface area contributed by atoms with Gasteiger partial charge in [-0.15, -0.1) is 0 Å². The van der Waals surface area contributed by atoms with E-state index in [2.05, 4.69) is 46.3 Å². The Labute approximate surface area is 226 Å². The number of halogens is 1. The van der Waals surface area contributed by atoms with Gasteiger partial charge in [0.25, 0.3) is 0 Å². The third-order valence-electron chi connectivity index (χ3n) is 7.69. The molecule has 0 atom stereocenters. The standard InChI is InChI=1S/C33H28FN5/c34-26-14-15-29-30(20-26)36-31(23-6-2-1-3-7-23)32(35-29)24-12-10-22(11-13-24)21-39-18-16-25(17-19-39)33-37-27-8-4-5-9-28(27)38-33/h1-15,20,25H,16-19,21H2,(H,37,38). The van der Waals surface area contributed by atoms with Crippen molar-refractivity contribution in [3.63, 3.8) is 0 Å². The predicted molar refractivity (Wildman–Crippen MR) is 154 cm³/mol. The van der Waals surface area contributed by atoms with Crippen LogP contribution in [-0.4, -0.2) is 37.9 Å². The molecule has 39 heavy (non-hydrogen) atoms. The maximum absolute atomic E-state index is 13.9. The monoisotopic (exact) mass is 513 g/mol. The third-order valence-corrected chi connectivity index (χ3v) is 7.69. The van der Waals surface area contributed by atoms with Crippen LogP contribution in [0.25, 0.3) is 44.6 Å². The van der Waals surface area contributed by atoms with Gasteiger partial charge in [-0.25, -0.2) is 19.3 Å². The van der Waals surface area contributed by atoms with Crippen molar-refractivity contribution in [2.24, 2.45) is 0 Å². The summed E-state index contributed by atoms with van der Waals surface area (Å²) in [6, 6.07) is 31.4. The molecule has 1 fully saturated rings. The van der Waals surface area contributed by atoms with E-state index in [0.29, 0.717) is 17.0 Å². The first-order valence-electron chi connectivity index (χ1n) is 13.5. The lowest BCUT2D eigenvalue weighted by Gasteiger charge is -2.31. The van der Waals surface area contributed by atoms with E-state index in [1.54, 1.807) is 6.07 Å². The first-order valence-corrected chi connectivity index (χ1v) is 13.5. The van der Waals surface area contributed by atoms with Gasteiger partial charge in [0, 0.05) is 29.7 Å². The van der Waals surface area contributed by atoms with Crippen LogP contribution in [0.15, 0.2) is 97.1 Å². The molecule has 0 aliphatic carbocycles. The number of piperidine rings is 1. The zero-order chi connectivity index (χ0) is 26.2. The number of aromatic nitrogens is 4. The molecule has 4 aromatic carbocycles. The highest BCUT2D eigenvalue weighted by atomic mass is 19.1. The molecular formula is C33H28FN5. The van der Waals surface area contributed by atoms with E-state index in [-0.39, 0.29) is 5.82 Å². The highest BCUT2D eigenvalue weighted by Gasteiger charge is 2.23. The lowest BCUT2D eigenvalue weighted by atomic mass is 9.95. The van der Waals surface area contributed by atoms with Crippen LogP contribution in [0.4, 0.5) is 4.39 Å². The van der Waals surface area contributed by atoms with Gasteiger partial charge in [0.1, 0.15) is 11.6 Å². The van der Waals surface area contributed by atoms with Crippen LogP contribution in [0.3, 0.4) is 0 Å². The Balaban J connectivity index is 1.09. The van der Waals surface area contributed by atoms with Crippen LogP contribution in [-0.2, 0) is 6.54 Å². The molecule has 2 aromatic heterocycles. The molecule has 0 bridgehead atoms. The van der Waals surface area contributed by atoms with Gasteiger partial charge >= 0.3 is 0 Å². The smallest absolute Gasteiger partial charge is 0.125 e. The van der Waals surface area contributed by atoms with Crippen LogP contribution in [0.2, 0.25) is 0 Å². The summed E-state index contributed by atoms with van der Waals surface area (Å²) >= 11 is 0. The lowest BCUT2D eigenvalue weighted by molar-refractivity contribution is 0.202. The van der Waals surface area contributed by atoms with Crippen molar-refractivity contribution in [2.75, 3.05) is 13.1 Å². The molecule has 0 saturated carbocycles.